The number of benzene rings is 1. The molecule has 1 rings (SSSR count). The van der Waals surface area contributed by atoms with Gasteiger partial charge in [-0.05, 0) is 12.1 Å². The van der Waals surface area contributed by atoms with Gasteiger partial charge < -0.3 is 0 Å². The van der Waals surface area contributed by atoms with Gasteiger partial charge >= 0.3 is 0 Å². The van der Waals surface area contributed by atoms with E-state index in [9.17, 15) is 18.9 Å². The van der Waals surface area contributed by atoms with Crippen LogP contribution < -0.4 is 0 Å². The normalized spacial score (nSPS) is 10.8. The lowest BCUT2D eigenvalue weighted by Crippen LogP contribution is -1.91. The molecule has 6 heteroatoms. The van der Waals surface area contributed by atoms with Crippen molar-refractivity contribution in [3.63, 3.8) is 0 Å². The molecule has 0 radical (unpaired) electrons. The number of rotatable bonds is 2. The van der Waals surface area contributed by atoms with Gasteiger partial charge in [-0.2, -0.15) is 0 Å². The van der Waals surface area contributed by atoms with Crippen LogP contribution in [0, 0.1) is 21.7 Å². The molecule has 0 heterocycles. The maximum Gasteiger partial charge on any atom is 0.235 e. The Balaban J connectivity index is 3.19. The minimum atomic E-state index is -1.01. The molecule has 1 aromatic carbocycles. The molecule has 0 saturated heterocycles. The molecule has 14 heavy (non-hydrogen) atoms. The summed E-state index contributed by atoms with van der Waals surface area (Å²) >= 11 is 5.36. The van der Waals surface area contributed by atoms with Gasteiger partial charge in [-0.15, -0.1) is 0 Å². The first kappa shape index (κ1) is 10.6. The highest BCUT2D eigenvalue weighted by atomic mass is 35.5. The summed E-state index contributed by atoms with van der Waals surface area (Å²) in [5, 5.41) is 9.64. The van der Waals surface area contributed by atoms with Gasteiger partial charge in [-0.1, -0.05) is 11.6 Å². The molecule has 0 bridgehead atoms. The van der Waals surface area contributed by atoms with Gasteiger partial charge in [0.1, 0.15) is 5.82 Å². The molecule has 74 valence electrons. The van der Waals surface area contributed by atoms with Gasteiger partial charge in [0.15, 0.2) is 5.82 Å². The highest BCUT2D eigenvalue weighted by Gasteiger charge is 2.10. The Kier molecular flexibility index (Phi) is 3.14. The lowest BCUT2D eigenvalue weighted by molar-refractivity contribution is -0.401. The van der Waals surface area contributed by atoms with E-state index in [0.29, 0.717) is 6.20 Å². The van der Waals surface area contributed by atoms with Crippen molar-refractivity contribution in [2.75, 3.05) is 0 Å². The molecule has 0 N–H and O–H groups in total. The maximum atomic E-state index is 13.1. The van der Waals surface area contributed by atoms with Crippen LogP contribution in [0.5, 0.6) is 0 Å². The summed E-state index contributed by atoms with van der Waals surface area (Å²) in [6.45, 7) is 0. The summed E-state index contributed by atoms with van der Waals surface area (Å²) in [5.41, 5.74) is -0.519. The number of hydrogen-bond acceptors (Lipinski definition) is 2. The first-order valence-electron chi connectivity index (χ1n) is 3.47. The zero-order valence-corrected chi connectivity index (χ0v) is 7.46. The van der Waals surface area contributed by atoms with E-state index >= 15 is 0 Å². The Labute approximate surface area is 82.8 Å². The Morgan fingerprint density at radius 2 is 2.07 bits per heavy atom. The number of hydrogen-bond donors (Lipinski definition) is 0. The Morgan fingerprint density at radius 1 is 1.43 bits per heavy atom. The zero-order valence-electron chi connectivity index (χ0n) is 6.71. The van der Waals surface area contributed by atoms with Gasteiger partial charge in [0.05, 0.1) is 15.5 Å². The molecule has 0 atom stereocenters. The van der Waals surface area contributed by atoms with Crippen LogP contribution in [0.1, 0.15) is 5.56 Å². The zero-order chi connectivity index (χ0) is 10.7. The van der Waals surface area contributed by atoms with Crippen molar-refractivity contribution in [1.82, 2.24) is 0 Å². The van der Waals surface area contributed by atoms with Gasteiger partial charge in [-0.25, -0.2) is 8.78 Å². The van der Waals surface area contributed by atoms with Crippen LogP contribution in [0.3, 0.4) is 0 Å². The van der Waals surface area contributed by atoms with Crippen LogP contribution in [0.4, 0.5) is 8.78 Å². The van der Waals surface area contributed by atoms with Crippen molar-refractivity contribution < 1.29 is 13.7 Å². The van der Waals surface area contributed by atoms with E-state index in [1.807, 2.05) is 0 Å². The summed E-state index contributed by atoms with van der Waals surface area (Å²) in [7, 11) is 0. The highest BCUT2D eigenvalue weighted by molar-refractivity contribution is 6.30. The van der Waals surface area contributed by atoms with Crippen LogP contribution in [-0.4, -0.2) is 4.92 Å². The van der Waals surface area contributed by atoms with E-state index < -0.39 is 22.1 Å². The lowest BCUT2D eigenvalue weighted by Gasteiger charge is -1.99. The molecule has 3 nitrogen and oxygen atoms in total. The second kappa shape index (κ2) is 4.15. The van der Waals surface area contributed by atoms with Crippen molar-refractivity contribution in [1.29, 1.82) is 0 Å². The largest absolute Gasteiger partial charge is 0.259 e. The van der Waals surface area contributed by atoms with Gasteiger partial charge in [0.2, 0.25) is 6.20 Å². The van der Waals surface area contributed by atoms with Gasteiger partial charge in [-0.3, -0.25) is 10.1 Å². The predicted octanol–water partition coefficient (Wildman–Crippen LogP) is 2.87. The van der Waals surface area contributed by atoms with Crippen molar-refractivity contribution in [2.45, 2.75) is 0 Å². The SMILES string of the molecule is O=[N+]([O-])/C=C/c1c(F)ccc(Cl)c1F. The summed E-state index contributed by atoms with van der Waals surface area (Å²) in [5.74, 6) is -1.91. The fourth-order valence-electron chi connectivity index (χ4n) is 0.831. The summed E-state index contributed by atoms with van der Waals surface area (Å²) in [6.07, 6.45) is 1.16. The Bertz CT molecular complexity index is 407. The molecule has 0 unspecified atom stereocenters. The van der Waals surface area contributed by atoms with E-state index in [1.165, 1.54) is 0 Å². The average Bonchev–Trinajstić information content (AvgIpc) is 2.11. The molecule has 0 aliphatic heterocycles. The standard InChI is InChI=1S/C8H4ClF2NO2/c9-6-1-2-7(10)5(8(6)11)3-4-12(13)14/h1-4H/b4-3+. The molecule has 0 fully saturated rings. The summed E-state index contributed by atoms with van der Waals surface area (Å²) in [4.78, 5) is 9.10. The molecule has 0 aliphatic rings. The lowest BCUT2D eigenvalue weighted by atomic mass is 10.2. The smallest absolute Gasteiger partial charge is 0.235 e. The average molecular weight is 220 g/mol. The topological polar surface area (TPSA) is 43.1 Å². The van der Waals surface area contributed by atoms with E-state index in [1.54, 1.807) is 0 Å². The quantitative estimate of drug-likeness (QED) is 0.436. The fraction of sp³-hybridized carbons (Fsp3) is 0. The van der Waals surface area contributed by atoms with Crippen LogP contribution in [0.25, 0.3) is 6.08 Å². The Hall–Kier alpha value is -1.49. The highest BCUT2D eigenvalue weighted by Crippen LogP contribution is 2.21. The van der Waals surface area contributed by atoms with E-state index in [-0.39, 0.29) is 5.02 Å². The van der Waals surface area contributed by atoms with Crippen molar-refractivity contribution >= 4 is 17.7 Å². The molecule has 0 saturated carbocycles. The van der Waals surface area contributed by atoms with Crippen molar-refractivity contribution in [3.05, 3.63) is 50.7 Å². The third-order valence-corrected chi connectivity index (χ3v) is 1.73. The van der Waals surface area contributed by atoms with Crippen LogP contribution in [-0.2, 0) is 0 Å². The fourth-order valence-corrected chi connectivity index (χ4v) is 0.996. The van der Waals surface area contributed by atoms with Gasteiger partial charge in [0.25, 0.3) is 0 Å². The van der Waals surface area contributed by atoms with Crippen molar-refractivity contribution in [2.24, 2.45) is 0 Å². The van der Waals surface area contributed by atoms with Crippen LogP contribution in [0.15, 0.2) is 18.3 Å². The van der Waals surface area contributed by atoms with E-state index in [4.69, 9.17) is 11.6 Å². The van der Waals surface area contributed by atoms with Gasteiger partial charge in [0, 0.05) is 6.08 Å². The monoisotopic (exact) mass is 219 g/mol. The minimum absolute atomic E-state index is 0.283. The van der Waals surface area contributed by atoms with Crippen molar-refractivity contribution in [3.8, 4) is 0 Å². The molecular formula is C8H4ClF2NO2. The number of halogens is 3. The first-order chi connectivity index (χ1) is 6.52. The van der Waals surface area contributed by atoms with Crippen LogP contribution >= 0.6 is 11.6 Å². The minimum Gasteiger partial charge on any atom is -0.259 e. The third-order valence-electron chi connectivity index (χ3n) is 1.44. The molecular weight excluding hydrogens is 216 g/mol. The number of nitro groups is 1. The second-order valence-corrected chi connectivity index (χ2v) is 2.77. The van der Waals surface area contributed by atoms with Crippen LogP contribution in [0.2, 0.25) is 5.02 Å². The number of nitrogens with zero attached hydrogens (tertiary/aromatic N) is 1. The molecule has 0 amide bonds. The maximum absolute atomic E-state index is 13.1. The first-order valence-corrected chi connectivity index (χ1v) is 3.85. The molecule has 0 spiro atoms. The third kappa shape index (κ3) is 2.26. The molecule has 1 aromatic rings. The molecule has 0 aromatic heterocycles. The Morgan fingerprint density at radius 3 is 2.64 bits per heavy atom. The summed E-state index contributed by atoms with van der Waals surface area (Å²) in [6, 6.07) is 1.97. The van der Waals surface area contributed by atoms with E-state index in [0.717, 1.165) is 18.2 Å². The van der Waals surface area contributed by atoms with E-state index in [2.05, 4.69) is 0 Å². The second-order valence-electron chi connectivity index (χ2n) is 2.36. The summed E-state index contributed by atoms with van der Waals surface area (Å²) < 4.78 is 26.0. The predicted molar refractivity (Wildman–Crippen MR) is 47.4 cm³/mol. The molecule has 0 aliphatic carbocycles.